The van der Waals surface area contributed by atoms with E-state index in [1.165, 1.54) is 43.0 Å². The molecule has 0 saturated carbocycles. The second-order valence-electron chi connectivity index (χ2n) is 6.29. The molecular weight excluding hydrogens is 440 g/mol. The molecule has 14 heteroatoms. The van der Waals surface area contributed by atoms with Crippen LogP contribution in [0.4, 0.5) is 17.1 Å². The topological polar surface area (TPSA) is 167 Å². The van der Waals surface area contributed by atoms with Crippen molar-refractivity contribution in [2.45, 2.75) is 17.2 Å². The van der Waals surface area contributed by atoms with E-state index >= 15 is 0 Å². The molecule has 1 saturated heterocycles. The standard InChI is InChI=1S/C16H14N4O8S2/c1-10-14(19(23)24)8-13(9-15(10)20(25)26)30(27,28)17-6-7-29-16(17)11-2-4-12(5-3-11)18(21)22/h2-5,8-9,16H,6-7H2,1H3. The smallest absolute Gasteiger partial charge is 0.258 e. The van der Waals surface area contributed by atoms with E-state index < -0.39 is 46.4 Å². The van der Waals surface area contributed by atoms with Gasteiger partial charge in [0.25, 0.3) is 17.1 Å². The zero-order valence-electron chi connectivity index (χ0n) is 15.3. The predicted molar refractivity (Wildman–Crippen MR) is 107 cm³/mol. The fraction of sp³-hybridized carbons (Fsp3) is 0.250. The third kappa shape index (κ3) is 3.83. The van der Waals surface area contributed by atoms with Gasteiger partial charge in [0.05, 0.1) is 25.0 Å². The molecule has 2 aromatic carbocycles. The van der Waals surface area contributed by atoms with Gasteiger partial charge in [-0.1, -0.05) is 0 Å². The van der Waals surface area contributed by atoms with Gasteiger partial charge in [-0.25, -0.2) is 8.42 Å². The monoisotopic (exact) mass is 454 g/mol. The van der Waals surface area contributed by atoms with Gasteiger partial charge in [-0.05, 0) is 24.6 Å². The van der Waals surface area contributed by atoms with Crippen LogP contribution in [0.5, 0.6) is 0 Å². The molecule has 0 amide bonds. The maximum atomic E-state index is 13.2. The Balaban J connectivity index is 2.07. The summed E-state index contributed by atoms with van der Waals surface area (Å²) in [6.45, 7) is 1.25. The van der Waals surface area contributed by atoms with Gasteiger partial charge in [-0.3, -0.25) is 30.3 Å². The molecule has 1 atom stereocenters. The number of rotatable bonds is 6. The van der Waals surface area contributed by atoms with E-state index in [1.807, 2.05) is 0 Å². The summed E-state index contributed by atoms with van der Waals surface area (Å²) >= 11 is 1.27. The van der Waals surface area contributed by atoms with Crippen molar-refractivity contribution in [3.8, 4) is 0 Å². The van der Waals surface area contributed by atoms with E-state index in [2.05, 4.69) is 0 Å². The summed E-state index contributed by atoms with van der Waals surface area (Å²) in [6.07, 6.45) is 0. The number of hydrogen-bond acceptors (Lipinski definition) is 9. The Morgan fingerprint density at radius 2 is 1.50 bits per heavy atom. The molecule has 1 unspecified atom stereocenters. The average Bonchev–Trinajstić information content (AvgIpc) is 3.18. The lowest BCUT2D eigenvalue weighted by atomic mass is 10.1. The molecule has 1 heterocycles. The molecule has 2 aromatic rings. The van der Waals surface area contributed by atoms with E-state index in [9.17, 15) is 38.8 Å². The largest absolute Gasteiger partial charge is 0.280 e. The first-order chi connectivity index (χ1) is 14.0. The summed E-state index contributed by atoms with van der Waals surface area (Å²) in [5.74, 6) is 0.414. The van der Waals surface area contributed by atoms with Gasteiger partial charge in [0.2, 0.25) is 10.0 Å². The van der Waals surface area contributed by atoms with Gasteiger partial charge < -0.3 is 0 Å². The van der Waals surface area contributed by atoms with Gasteiger partial charge in [-0.15, -0.1) is 11.8 Å². The van der Waals surface area contributed by atoms with Crippen molar-refractivity contribution in [2.75, 3.05) is 12.3 Å². The minimum atomic E-state index is -4.32. The van der Waals surface area contributed by atoms with Crippen LogP contribution in [0.15, 0.2) is 41.3 Å². The van der Waals surface area contributed by atoms with Crippen LogP contribution in [-0.4, -0.2) is 39.8 Å². The second-order valence-corrected chi connectivity index (χ2v) is 9.37. The van der Waals surface area contributed by atoms with Crippen molar-refractivity contribution in [2.24, 2.45) is 0 Å². The first-order valence-corrected chi connectivity index (χ1v) is 10.8. The van der Waals surface area contributed by atoms with Crippen LogP contribution in [0, 0.1) is 37.3 Å². The molecule has 0 N–H and O–H groups in total. The summed E-state index contributed by atoms with van der Waals surface area (Å²) in [5, 5.41) is 32.7. The van der Waals surface area contributed by atoms with Gasteiger partial charge in [0, 0.05) is 36.6 Å². The Morgan fingerprint density at radius 3 is 1.97 bits per heavy atom. The van der Waals surface area contributed by atoms with E-state index in [-0.39, 0.29) is 17.8 Å². The van der Waals surface area contributed by atoms with Gasteiger partial charge in [-0.2, -0.15) is 4.31 Å². The number of hydrogen-bond donors (Lipinski definition) is 0. The highest BCUT2D eigenvalue weighted by Crippen LogP contribution is 2.43. The number of non-ortho nitro benzene ring substituents is 1. The van der Waals surface area contributed by atoms with Crippen LogP contribution in [-0.2, 0) is 10.0 Å². The lowest BCUT2D eigenvalue weighted by Crippen LogP contribution is -2.30. The number of nitro groups is 3. The molecule has 1 aliphatic heterocycles. The van der Waals surface area contributed by atoms with Crippen LogP contribution in [0.25, 0.3) is 0 Å². The van der Waals surface area contributed by atoms with Crippen LogP contribution >= 0.6 is 11.8 Å². The van der Waals surface area contributed by atoms with Crippen LogP contribution in [0.1, 0.15) is 16.5 Å². The zero-order valence-corrected chi connectivity index (χ0v) is 17.0. The third-order valence-corrected chi connectivity index (χ3v) is 7.80. The van der Waals surface area contributed by atoms with E-state index in [4.69, 9.17) is 0 Å². The molecule has 12 nitrogen and oxygen atoms in total. The van der Waals surface area contributed by atoms with Crippen LogP contribution in [0.3, 0.4) is 0 Å². The highest BCUT2D eigenvalue weighted by atomic mass is 32.2. The maximum Gasteiger partial charge on any atom is 0.280 e. The van der Waals surface area contributed by atoms with Crippen molar-refractivity contribution in [3.05, 3.63) is 77.9 Å². The Morgan fingerprint density at radius 1 is 0.967 bits per heavy atom. The highest BCUT2D eigenvalue weighted by Gasteiger charge is 2.39. The molecule has 3 rings (SSSR count). The van der Waals surface area contributed by atoms with Crippen LogP contribution in [0.2, 0.25) is 0 Å². The molecular formula is C16H14N4O8S2. The number of nitrogens with zero attached hydrogens (tertiary/aromatic N) is 4. The molecule has 0 aliphatic carbocycles. The molecule has 1 aliphatic rings. The lowest BCUT2D eigenvalue weighted by molar-refractivity contribution is -0.395. The van der Waals surface area contributed by atoms with E-state index in [1.54, 1.807) is 0 Å². The third-order valence-electron chi connectivity index (χ3n) is 4.56. The number of nitro benzene ring substituents is 3. The molecule has 1 fully saturated rings. The summed E-state index contributed by atoms with van der Waals surface area (Å²) in [5.41, 5.74) is -1.24. The summed E-state index contributed by atoms with van der Waals surface area (Å²) in [4.78, 5) is 30.5. The number of benzene rings is 2. The first kappa shape index (κ1) is 21.6. The Kier molecular flexibility index (Phi) is 5.74. The fourth-order valence-electron chi connectivity index (χ4n) is 3.05. The van der Waals surface area contributed by atoms with Crippen molar-refractivity contribution in [3.63, 3.8) is 0 Å². The van der Waals surface area contributed by atoms with Crippen molar-refractivity contribution in [1.82, 2.24) is 4.31 Å². The zero-order chi connectivity index (χ0) is 22.2. The molecule has 30 heavy (non-hydrogen) atoms. The molecule has 0 bridgehead atoms. The minimum Gasteiger partial charge on any atom is -0.258 e. The van der Waals surface area contributed by atoms with Crippen molar-refractivity contribution < 1.29 is 23.2 Å². The Labute approximate surface area is 174 Å². The summed E-state index contributed by atoms with van der Waals surface area (Å²) in [6, 6.07) is 7.00. The molecule has 0 spiro atoms. The Bertz CT molecular complexity index is 1120. The average molecular weight is 454 g/mol. The van der Waals surface area contributed by atoms with Gasteiger partial charge in [0.15, 0.2) is 0 Å². The van der Waals surface area contributed by atoms with Crippen molar-refractivity contribution >= 4 is 38.8 Å². The Hall–Kier alpha value is -3.10. The molecule has 158 valence electrons. The highest BCUT2D eigenvalue weighted by molar-refractivity contribution is 8.01. The lowest BCUT2D eigenvalue weighted by Gasteiger charge is -2.23. The normalized spacial score (nSPS) is 17.0. The van der Waals surface area contributed by atoms with Crippen molar-refractivity contribution in [1.29, 1.82) is 0 Å². The summed E-state index contributed by atoms with van der Waals surface area (Å²) in [7, 11) is -4.32. The second kappa shape index (κ2) is 7.97. The number of thioether (sulfide) groups is 1. The van der Waals surface area contributed by atoms with Gasteiger partial charge in [0.1, 0.15) is 5.56 Å². The predicted octanol–water partition coefficient (Wildman–Crippen LogP) is 3.16. The SMILES string of the molecule is Cc1c([N+](=O)[O-])cc(S(=O)(=O)N2CCSC2c2ccc([N+](=O)[O-])cc2)cc1[N+](=O)[O-]. The van der Waals surface area contributed by atoms with Gasteiger partial charge >= 0.3 is 0 Å². The molecule has 0 aromatic heterocycles. The fourth-order valence-corrected chi connectivity index (χ4v) is 6.33. The van der Waals surface area contributed by atoms with E-state index in [0.29, 0.717) is 11.3 Å². The van der Waals surface area contributed by atoms with E-state index in [0.717, 1.165) is 16.4 Å². The number of sulfonamides is 1. The maximum absolute atomic E-state index is 13.2. The summed E-state index contributed by atoms with van der Waals surface area (Å²) < 4.78 is 27.5. The minimum absolute atomic E-state index is 0.0735. The molecule has 0 radical (unpaired) electrons. The first-order valence-electron chi connectivity index (χ1n) is 8.35. The quantitative estimate of drug-likeness (QED) is 0.470. The van der Waals surface area contributed by atoms with Crippen LogP contribution < -0.4 is 0 Å².